The Morgan fingerprint density at radius 1 is 0.640 bits per heavy atom. The highest BCUT2D eigenvalue weighted by Crippen LogP contribution is 2.34. The van der Waals surface area contributed by atoms with Gasteiger partial charge in [-0.15, -0.1) is 0 Å². The summed E-state index contributed by atoms with van der Waals surface area (Å²) in [6, 6.07) is 26.9. The zero-order chi connectivity index (χ0) is 17.2. The molecule has 0 bridgehead atoms. The average Bonchev–Trinajstić information content (AvgIpc) is 2.68. The van der Waals surface area contributed by atoms with Crippen LogP contribution in [0.3, 0.4) is 0 Å². The highest BCUT2D eigenvalue weighted by molar-refractivity contribution is 5.96. The van der Waals surface area contributed by atoms with Gasteiger partial charge in [-0.3, -0.25) is 0 Å². The molecule has 122 valence electrons. The summed E-state index contributed by atoms with van der Waals surface area (Å²) in [7, 11) is 0. The van der Waals surface area contributed by atoms with Crippen LogP contribution in [0.25, 0.3) is 33.5 Å². The molecule has 0 saturated carbocycles. The molecule has 0 aliphatic rings. The Bertz CT molecular complexity index is 1010. The molecule has 0 atom stereocenters. The van der Waals surface area contributed by atoms with Crippen molar-refractivity contribution in [3.05, 3.63) is 84.4 Å². The van der Waals surface area contributed by atoms with Crippen LogP contribution < -0.4 is 0 Å². The van der Waals surface area contributed by atoms with Gasteiger partial charge in [0.25, 0.3) is 0 Å². The van der Waals surface area contributed by atoms with E-state index in [-0.39, 0.29) is 0 Å². The number of benzene rings is 3. The fourth-order valence-electron chi connectivity index (χ4n) is 3.21. The number of rotatable bonds is 3. The van der Waals surface area contributed by atoms with Crippen LogP contribution in [0.5, 0.6) is 0 Å². The van der Waals surface area contributed by atoms with E-state index in [1.54, 1.807) is 0 Å². The first-order valence-electron chi connectivity index (χ1n) is 8.65. The van der Waals surface area contributed by atoms with Crippen LogP contribution in [0.15, 0.2) is 78.9 Å². The summed E-state index contributed by atoms with van der Waals surface area (Å²) in [5.74, 6) is 1.19. The highest BCUT2D eigenvalue weighted by atomic mass is 14.9. The predicted octanol–water partition coefficient (Wildman–Crippen LogP) is 6.09. The van der Waals surface area contributed by atoms with Crippen molar-refractivity contribution in [3.8, 4) is 22.6 Å². The van der Waals surface area contributed by atoms with E-state index in [9.17, 15) is 0 Å². The second kappa shape index (κ2) is 6.48. The maximum absolute atomic E-state index is 4.97. The van der Waals surface area contributed by atoms with Gasteiger partial charge in [0.1, 0.15) is 0 Å². The molecule has 0 unspecified atom stereocenters. The minimum atomic E-state index is 0.414. The van der Waals surface area contributed by atoms with Gasteiger partial charge >= 0.3 is 0 Å². The average molecular weight is 324 g/mol. The smallest absolute Gasteiger partial charge is 0.160 e. The molecule has 25 heavy (non-hydrogen) atoms. The third kappa shape index (κ3) is 2.91. The highest BCUT2D eigenvalue weighted by Gasteiger charge is 2.15. The van der Waals surface area contributed by atoms with E-state index in [2.05, 4.69) is 68.4 Å². The molecule has 0 fully saturated rings. The van der Waals surface area contributed by atoms with Crippen LogP contribution in [-0.4, -0.2) is 9.97 Å². The van der Waals surface area contributed by atoms with E-state index in [0.29, 0.717) is 5.92 Å². The lowest BCUT2D eigenvalue weighted by Crippen LogP contribution is -1.99. The molecule has 0 radical (unpaired) electrons. The van der Waals surface area contributed by atoms with Gasteiger partial charge in [-0.1, -0.05) is 86.6 Å². The van der Waals surface area contributed by atoms with Crippen LogP contribution in [0, 0.1) is 0 Å². The molecule has 0 aliphatic carbocycles. The van der Waals surface area contributed by atoms with Gasteiger partial charge in [-0.25, -0.2) is 9.97 Å². The van der Waals surface area contributed by atoms with Gasteiger partial charge in [-0.05, 0) is 17.5 Å². The van der Waals surface area contributed by atoms with Gasteiger partial charge in [-0.2, -0.15) is 0 Å². The Morgan fingerprint density at radius 3 is 1.92 bits per heavy atom. The summed E-state index contributed by atoms with van der Waals surface area (Å²) < 4.78 is 0. The number of hydrogen-bond acceptors (Lipinski definition) is 2. The Balaban J connectivity index is 2.07. The molecule has 0 amide bonds. The SMILES string of the molecule is CC(C)c1cccc2nc(-c3ccccc3)nc(-c3ccccc3)c12. The lowest BCUT2D eigenvalue weighted by atomic mass is 9.94. The summed E-state index contributed by atoms with van der Waals surface area (Å²) in [6.45, 7) is 4.43. The number of aromatic nitrogens is 2. The van der Waals surface area contributed by atoms with E-state index in [0.717, 1.165) is 33.5 Å². The van der Waals surface area contributed by atoms with Crippen molar-refractivity contribution in [1.82, 2.24) is 9.97 Å². The molecular weight excluding hydrogens is 304 g/mol. The lowest BCUT2D eigenvalue weighted by Gasteiger charge is -2.15. The van der Waals surface area contributed by atoms with Crippen molar-refractivity contribution >= 4 is 10.9 Å². The van der Waals surface area contributed by atoms with Crippen LogP contribution in [0.2, 0.25) is 0 Å². The minimum Gasteiger partial charge on any atom is -0.228 e. The van der Waals surface area contributed by atoms with Crippen LogP contribution in [-0.2, 0) is 0 Å². The molecule has 4 aromatic rings. The van der Waals surface area contributed by atoms with Crippen molar-refractivity contribution in [2.75, 3.05) is 0 Å². The largest absolute Gasteiger partial charge is 0.228 e. The van der Waals surface area contributed by atoms with Crippen molar-refractivity contribution in [2.24, 2.45) is 0 Å². The molecular formula is C23H20N2. The summed E-state index contributed by atoms with van der Waals surface area (Å²) in [6.07, 6.45) is 0. The second-order valence-corrected chi connectivity index (χ2v) is 6.52. The van der Waals surface area contributed by atoms with Crippen molar-refractivity contribution < 1.29 is 0 Å². The van der Waals surface area contributed by atoms with E-state index >= 15 is 0 Å². The Morgan fingerprint density at radius 2 is 1.28 bits per heavy atom. The minimum absolute atomic E-state index is 0.414. The Kier molecular flexibility index (Phi) is 4.02. The molecule has 0 spiro atoms. The number of nitrogens with zero attached hydrogens (tertiary/aromatic N) is 2. The van der Waals surface area contributed by atoms with Crippen molar-refractivity contribution in [1.29, 1.82) is 0 Å². The Hall–Kier alpha value is -3.00. The maximum Gasteiger partial charge on any atom is 0.160 e. The molecule has 1 aromatic heterocycles. The summed E-state index contributed by atoms with van der Waals surface area (Å²) in [5, 5.41) is 1.16. The molecule has 0 N–H and O–H groups in total. The third-order valence-electron chi connectivity index (χ3n) is 4.46. The van der Waals surface area contributed by atoms with E-state index in [1.807, 2.05) is 24.3 Å². The van der Waals surface area contributed by atoms with Gasteiger partial charge in [0.2, 0.25) is 0 Å². The number of fused-ring (bicyclic) bond motifs is 1. The summed E-state index contributed by atoms with van der Waals surface area (Å²) >= 11 is 0. The van der Waals surface area contributed by atoms with Crippen LogP contribution >= 0.6 is 0 Å². The Labute approximate surface area is 148 Å². The van der Waals surface area contributed by atoms with E-state index in [1.165, 1.54) is 5.56 Å². The summed E-state index contributed by atoms with van der Waals surface area (Å²) in [5.41, 5.74) is 5.46. The maximum atomic E-state index is 4.97. The van der Waals surface area contributed by atoms with Gasteiger partial charge in [0, 0.05) is 16.5 Å². The standard InChI is InChI=1S/C23H20N2/c1-16(2)19-14-9-15-20-21(19)22(17-10-5-3-6-11-17)25-23(24-20)18-12-7-4-8-13-18/h3-16H,1-2H3. The first kappa shape index (κ1) is 15.5. The molecule has 4 rings (SSSR count). The molecule has 2 heteroatoms. The normalized spacial score (nSPS) is 11.2. The quantitative estimate of drug-likeness (QED) is 0.456. The zero-order valence-corrected chi connectivity index (χ0v) is 14.5. The third-order valence-corrected chi connectivity index (χ3v) is 4.46. The molecule has 3 aromatic carbocycles. The fourth-order valence-corrected chi connectivity index (χ4v) is 3.21. The second-order valence-electron chi connectivity index (χ2n) is 6.52. The van der Waals surface area contributed by atoms with E-state index in [4.69, 9.17) is 9.97 Å². The molecule has 2 nitrogen and oxygen atoms in total. The van der Waals surface area contributed by atoms with Gasteiger partial charge in [0.15, 0.2) is 5.82 Å². The van der Waals surface area contributed by atoms with E-state index < -0.39 is 0 Å². The molecule has 0 aliphatic heterocycles. The van der Waals surface area contributed by atoms with Gasteiger partial charge in [0.05, 0.1) is 11.2 Å². The fraction of sp³-hybridized carbons (Fsp3) is 0.130. The molecule has 0 saturated heterocycles. The van der Waals surface area contributed by atoms with Gasteiger partial charge < -0.3 is 0 Å². The van der Waals surface area contributed by atoms with Crippen LogP contribution in [0.1, 0.15) is 25.3 Å². The first-order valence-corrected chi connectivity index (χ1v) is 8.65. The summed E-state index contributed by atoms with van der Waals surface area (Å²) in [4.78, 5) is 9.84. The van der Waals surface area contributed by atoms with Crippen molar-refractivity contribution in [2.45, 2.75) is 19.8 Å². The lowest BCUT2D eigenvalue weighted by molar-refractivity contribution is 0.875. The zero-order valence-electron chi connectivity index (χ0n) is 14.5. The van der Waals surface area contributed by atoms with Crippen molar-refractivity contribution in [3.63, 3.8) is 0 Å². The van der Waals surface area contributed by atoms with Crippen LogP contribution in [0.4, 0.5) is 0 Å². The number of hydrogen-bond donors (Lipinski definition) is 0. The monoisotopic (exact) mass is 324 g/mol. The molecule has 1 heterocycles. The first-order chi connectivity index (χ1) is 12.2. The predicted molar refractivity (Wildman–Crippen MR) is 104 cm³/mol. The topological polar surface area (TPSA) is 25.8 Å².